The summed E-state index contributed by atoms with van der Waals surface area (Å²) in [6.07, 6.45) is 6.16. The lowest BCUT2D eigenvalue weighted by atomic mass is 9.96. The second-order valence-corrected chi connectivity index (χ2v) is 5.27. The Balaban J connectivity index is 2.60. The zero-order valence-corrected chi connectivity index (χ0v) is 10.8. The van der Waals surface area contributed by atoms with Crippen LogP contribution in [0.3, 0.4) is 0 Å². The maximum absolute atomic E-state index is 5.59. The molecule has 0 saturated carbocycles. The van der Waals surface area contributed by atoms with Crippen molar-refractivity contribution in [2.45, 2.75) is 51.9 Å². The first-order valence-electron chi connectivity index (χ1n) is 6.10. The van der Waals surface area contributed by atoms with Crippen LogP contribution in [-0.2, 0) is 6.42 Å². The van der Waals surface area contributed by atoms with Gasteiger partial charge in [0.25, 0.3) is 0 Å². The second-order valence-electron chi connectivity index (χ2n) is 4.07. The fraction of sp³-hybridized carbons (Fsp3) is 0.692. The Labute approximate surface area is 97.7 Å². The Morgan fingerprint density at radius 1 is 1.27 bits per heavy atom. The Morgan fingerprint density at radius 3 is 2.60 bits per heavy atom. The van der Waals surface area contributed by atoms with Crippen molar-refractivity contribution >= 4 is 11.3 Å². The highest BCUT2D eigenvalue weighted by atomic mass is 32.1. The minimum absolute atomic E-state index is 0.754. The number of thiophene rings is 1. The van der Waals surface area contributed by atoms with E-state index in [2.05, 4.69) is 26.0 Å². The summed E-state index contributed by atoms with van der Waals surface area (Å²) in [5.41, 5.74) is 5.59. The largest absolute Gasteiger partial charge is 0.330 e. The van der Waals surface area contributed by atoms with Crippen LogP contribution in [0.2, 0.25) is 0 Å². The van der Waals surface area contributed by atoms with E-state index < -0.39 is 0 Å². The average Bonchev–Trinajstić information content (AvgIpc) is 2.72. The molecule has 1 aromatic rings. The van der Waals surface area contributed by atoms with Crippen molar-refractivity contribution in [1.29, 1.82) is 0 Å². The normalized spacial score (nSPS) is 13.0. The zero-order valence-electron chi connectivity index (χ0n) is 9.96. The Hall–Kier alpha value is -0.340. The molecular weight excluding hydrogens is 202 g/mol. The molecule has 0 aliphatic carbocycles. The van der Waals surface area contributed by atoms with Crippen LogP contribution in [0.1, 0.15) is 55.2 Å². The van der Waals surface area contributed by atoms with E-state index in [0.29, 0.717) is 0 Å². The van der Waals surface area contributed by atoms with Gasteiger partial charge in [0.1, 0.15) is 0 Å². The summed E-state index contributed by atoms with van der Waals surface area (Å²) in [5.74, 6) is 0.754. The van der Waals surface area contributed by atoms with Gasteiger partial charge in [0.2, 0.25) is 0 Å². The van der Waals surface area contributed by atoms with Crippen molar-refractivity contribution in [3.05, 3.63) is 21.9 Å². The molecule has 0 bridgehead atoms. The molecule has 1 rings (SSSR count). The van der Waals surface area contributed by atoms with Crippen LogP contribution < -0.4 is 5.73 Å². The molecule has 1 nitrogen and oxygen atoms in total. The highest BCUT2D eigenvalue weighted by molar-refractivity contribution is 7.12. The third-order valence-corrected chi connectivity index (χ3v) is 4.22. The van der Waals surface area contributed by atoms with Gasteiger partial charge in [-0.15, -0.1) is 11.3 Å². The topological polar surface area (TPSA) is 26.0 Å². The molecule has 0 amide bonds. The van der Waals surface area contributed by atoms with Crippen LogP contribution in [0, 0.1) is 0 Å². The Kier molecular flexibility index (Phi) is 5.96. The molecular formula is C13H23NS. The molecule has 1 aromatic heterocycles. The molecule has 86 valence electrons. The second kappa shape index (κ2) is 7.02. The molecule has 0 radical (unpaired) electrons. The molecule has 0 aliphatic rings. The number of hydrogen-bond donors (Lipinski definition) is 1. The molecule has 1 unspecified atom stereocenters. The summed E-state index contributed by atoms with van der Waals surface area (Å²) >= 11 is 1.99. The third kappa shape index (κ3) is 3.96. The molecule has 15 heavy (non-hydrogen) atoms. The van der Waals surface area contributed by atoms with Gasteiger partial charge in [0.15, 0.2) is 0 Å². The number of hydrogen-bond acceptors (Lipinski definition) is 2. The quantitative estimate of drug-likeness (QED) is 0.747. The van der Waals surface area contributed by atoms with E-state index in [9.17, 15) is 0 Å². The first-order valence-corrected chi connectivity index (χ1v) is 6.92. The zero-order chi connectivity index (χ0) is 11.1. The standard InChI is InChI=1S/C13H23NS/c1-3-6-11(7-5-10-14)13-9-8-12(4-2)15-13/h8-9,11H,3-7,10,14H2,1-2H3. The maximum atomic E-state index is 5.59. The van der Waals surface area contributed by atoms with E-state index in [0.717, 1.165) is 18.9 Å². The van der Waals surface area contributed by atoms with E-state index in [-0.39, 0.29) is 0 Å². The summed E-state index contributed by atoms with van der Waals surface area (Å²) < 4.78 is 0. The van der Waals surface area contributed by atoms with E-state index >= 15 is 0 Å². The van der Waals surface area contributed by atoms with Crippen molar-refractivity contribution in [2.24, 2.45) is 5.73 Å². The van der Waals surface area contributed by atoms with Gasteiger partial charge in [0.05, 0.1) is 0 Å². The fourth-order valence-electron chi connectivity index (χ4n) is 1.95. The van der Waals surface area contributed by atoms with Crippen molar-refractivity contribution in [3.8, 4) is 0 Å². The van der Waals surface area contributed by atoms with Crippen molar-refractivity contribution in [1.82, 2.24) is 0 Å². The molecule has 0 saturated heterocycles. The minimum atomic E-state index is 0.754. The Morgan fingerprint density at radius 2 is 2.07 bits per heavy atom. The van der Waals surface area contributed by atoms with E-state index in [1.807, 2.05) is 11.3 Å². The highest BCUT2D eigenvalue weighted by Crippen LogP contribution is 2.31. The molecule has 0 aromatic carbocycles. The number of rotatable bonds is 7. The summed E-state index contributed by atoms with van der Waals surface area (Å²) in [5, 5.41) is 0. The molecule has 1 heterocycles. The summed E-state index contributed by atoms with van der Waals surface area (Å²) in [6.45, 7) is 5.32. The lowest BCUT2D eigenvalue weighted by molar-refractivity contribution is 0.557. The van der Waals surface area contributed by atoms with Crippen LogP contribution in [0.25, 0.3) is 0 Å². The smallest absolute Gasteiger partial charge is 0.00791 e. The van der Waals surface area contributed by atoms with Gasteiger partial charge in [-0.2, -0.15) is 0 Å². The average molecular weight is 225 g/mol. The van der Waals surface area contributed by atoms with Crippen LogP contribution in [0.4, 0.5) is 0 Å². The molecule has 0 aliphatic heterocycles. The van der Waals surface area contributed by atoms with E-state index in [1.165, 1.54) is 30.6 Å². The lowest BCUT2D eigenvalue weighted by Crippen LogP contribution is -2.03. The van der Waals surface area contributed by atoms with Gasteiger partial charge in [-0.25, -0.2) is 0 Å². The first-order chi connectivity index (χ1) is 7.31. The number of nitrogens with two attached hydrogens (primary N) is 1. The van der Waals surface area contributed by atoms with Crippen molar-refractivity contribution in [2.75, 3.05) is 6.54 Å². The predicted molar refractivity (Wildman–Crippen MR) is 69.6 cm³/mol. The van der Waals surface area contributed by atoms with Gasteiger partial charge in [-0.3, -0.25) is 0 Å². The summed E-state index contributed by atoms with van der Waals surface area (Å²) in [7, 11) is 0. The predicted octanol–water partition coefficient (Wildman–Crippen LogP) is 3.93. The van der Waals surface area contributed by atoms with Crippen LogP contribution in [0.5, 0.6) is 0 Å². The monoisotopic (exact) mass is 225 g/mol. The van der Waals surface area contributed by atoms with Crippen LogP contribution in [-0.4, -0.2) is 6.54 Å². The van der Waals surface area contributed by atoms with Gasteiger partial charge in [-0.1, -0.05) is 20.3 Å². The van der Waals surface area contributed by atoms with Gasteiger partial charge < -0.3 is 5.73 Å². The Bertz CT molecular complexity index is 267. The van der Waals surface area contributed by atoms with Crippen molar-refractivity contribution < 1.29 is 0 Å². The maximum Gasteiger partial charge on any atom is 0.00791 e. The summed E-state index contributed by atoms with van der Waals surface area (Å²) in [4.78, 5) is 3.08. The first kappa shape index (κ1) is 12.7. The van der Waals surface area contributed by atoms with Crippen LogP contribution in [0.15, 0.2) is 12.1 Å². The SMILES string of the molecule is CCCC(CCCN)c1ccc(CC)s1. The van der Waals surface area contributed by atoms with E-state index in [4.69, 9.17) is 5.73 Å². The van der Waals surface area contributed by atoms with Crippen molar-refractivity contribution in [3.63, 3.8) is 0 Å². The molecule has 0 fully saturated rings. The third-order valence-electron chi connectivity index (χ3n) is 2.83. The van der Waals surface area contributed by atoms with Gasteiger partial charge in [-0.05, 0) is 50.3 Å². The van der Waals surface area contributed by atoms with E-state index in [1.54, 1.807) is 4.88 Å². The lowest BCUT2D eigenvalue weighted by Gasteiger charge is -2.13. The van der Waals surface area contributed by atoms with Gasteiger partial charge >= 0.3 is 0 Å². The molecule has 2 heteroatoms. The fourth-order valence-corrected chi connectivity index (χ4v) is 3.07. The molecule has 0 spiro atoms. The minimum Gasteiger partial charge on any atom is -0.330 e. The van der Waals surface area contributed by atoms with Crippen LogP contribution >= 0.6 is 11.3 Å². The molecule has 2 N–H and O–H groups in total. The van der Waals surface area contributed by atoms with Gasteiger partial charge in [0, 0.05) is 9.75 Å². The number of aryl methyl sites for hydroxylation is 1. The summed E-state index contributed by atoms with van der Waals surface area (Å²) in [6, 6.07) is 4.60. The molecule has 1 atom stereocenters. The highest BCUT2D eigenvalue weighted by Gasteiger charge is 2.12.